The Morgan fingerprint density at radius 1 is 1.17 bits per heavy atom. The van der Waals surface area contributed by atoms with Gasteiger partial charge >= 0.3 is 0 Å². The summed E-state index contributed by atoms with van der Waals surface area (Å²) in [6, 6.07) is 7.89. The minimum atomic E-state index is -0.0873. The summed E-state index contributed by atoms with van der Waals surface area (Å²) in [5.41, 5.74) is 2.37. The Balaban J connectivity index is 2.35. The molecule has 0 radical (unpaired) electrons. The van der Waals surface area contributed by atoms with Crippen molar-refractivity contribution in [3.63, 3.8) is 0 Å². The van der Waals surface area contributed by atoms with Crippen LogP contribution in [0.3, 0.4) is 0 Å². The Morgan fingerprint density at radius 3 is 2.33 bits per heavy atom. The molecule has 1 aromatic rings. The topological polar surface area (TPSA) is 17.1 Å². The molecule has 0 amide bonds. The van der Waals surface area contributed by atoms with Crippen molar-refractivity contribution in [2.75, 3.05) is 0 Å². The maximum atomic E-state index is 11.9. The lowest BCUT2D eigenvalue weighted by molar-refractivity contribution is -0.116. The van der Waals surface area contributed by atoms with E-state index in [4.69, 9.17) is 11.6 Å². The van der Waals surface area contributed by atoms with E-state index in [0.29, 0.717) is 12.3 Å². The van der Waals surface area contributed by atoms with E-state index in [1.54, 1.807) is 0 Å². The predicted octanol–water partition coefficient (Wildman–Crippen LogP) is 4.54. The summed E-state index contributed by atoms with van der Waals surface area (Å²) < 4.78 is 0. The second-order valence-corrected chi connectivity index (χ2v) is 6.20. The highest BCUT2D eigenvalue weighted by molar-refractivity contribution is 6.30. The molecule has 2 heteroatoms. The van der Waals surface area contributed by atoms with Crippen molar-refractivity contribution in [2.24, 2.45) is 5.92 Å². The van der Waals surface area contributed by atoms with E-state index in [1.165, 1.54) is 11.1 Å². The van der Waals surface area contributed by atoms with Gasteiger partial charge in [0, 0.05) is 16.9 Å². The zero-order valence-electron chi connectivity index (χ0n) is 11.2. The summed E-state index contributed by atoms with van der Waals surface area (Å²) in [4.78, 5) is 11.9. The third-order valence-corrected chi connectivity index (χ3v) is 4.04. The fourth-order valence-electron chi connectivity index (χ4n) is 2.63. The first kappa shape index (κ1) is 13.4. The molecule has 1 aliphatic rings. The molecule has 96 valence electrons. The first-order valence-electron chi connectivity index (χ1n) is 6.40. The first-order chi connectivity index (χ1) is 8.40. The zero-order valence-corrected chi connectivity index (χ0v) is 11.9. The van der Waals surface area contributed by atoms with Crippen molar-refractivity contribution in [3.8, 4) is 0 Å². The number of carbonyl (C=O) groups is 1. The van der Waals surface area contributed by atoms with Crippen LogP contribution in [0.5, 0.6) is 0 Å². The van der Waals surface area contributed by atoms with E-state index in [-0.39, 0.29) is 11.2 Å². The van der Waals surface area contributed by atoms with Gasteiger partial charge in [-0.15, -0.1) is 0 Å². The second kappa shape index (κ2) is 4.89. The minimum Gasteiger partial charge on any atom is -0.295 e. The van der Waals surface area contributed by atoms with Gasteiger partial charge in [-0.1, -0.05) is 50.1 Å². The van der Waals surface area contributed by atoms with Gasteiger partial charge in [-0.25, -0.2) is 0 Å². The lowest BCUT2D eigenvalue weighted by atomic mass is 9.69. The molecule has 1 atom stereocenters. The molecule has 0 saturated heterocycles. The molecule has 0 aliphatic heterocycles. The van der Waals surface area contributed by atoms with E-state index >= 15 is 0 Å². The molecular weight excluding hydrogens is 244 g/mol. The predicted molar refractivity (Wildman–Crippen MR) is 76.0 cm³/mol. The quantitative estimate of drug-likeness (QED) is 0.765. The molecule has 0 saturated carbocycles. The summed E-state index contributed by atoms with van der Waals surface area (Å²) in [6.45, 7) is 6.46. The average Bonchev–Trinajstić information content (AvgIpc) is 2.28. The van der Waals surface area contributed by atoms with Crippen LogP contribution in [0, 0.1) is 5.92 Å². The SMILES string of the molecule is CC(C)C1=CC(=O)C[C@](C)(c2ccc(Cl)cc2)C1. The lowest BCUT2D eigenvalue weighted by Gasteiger charge is -2.35. The molecule has 18 heavy (non-hydrogen) atoms. The monoisotopic (exact) mass is 262 g/mol. The van der Waals surface area contributed by atoms with Crippen molar-refractivity contribution in [2.45, 2.75) is 39.0 Å². The van der Waals surface area contributed by atoms with E-state index in [1.807, 2.05) is 30.3 Å². The molecule has 0 heterocycles. The van der Waals surface area contributed by atoms with Gasteiger partial charge in [0.1, 0.15) is 0 Å². The van der Waals surface area contributed by atoms with Crippen molar-refractivity contribution in [3.05, 3.63) is 46.5 Å². The molecule has 0 bridgehead atoms. The standard InChI is InChI=1S/C16H19ClO/c1-11(2)12-8-15(18)10-16(3,9-12)13-4-6-14(17)7-5-13/h4-8,11H,9-10H2,1-3H3/t16-/m1/s1. The Labute approximate surface area is 114 Å². The number of carbonyl (C=O) groups excluding carboxylic acids is 1. The number of rotatable bonds is 2. The van der Waals surface area contributed by atoms with E-state index in [9.17, 15) is 4.79 Å². The van der Waals surface area contributed by atoms with Gasteiger partial charge in [-0.2, -0.15) is 0 Å². The van der Waals surface area contributed by atoms with Crippen LogP contribution in [-0.4, -0.2) is 5.78 Å². The van der Waals surface area contributed by atoms with Gasteiger partial charge in [0.25, 0.3) is 0 Å². The number of benzene rings is 1. The van der Waals surface area contributed by atoms with Crippen molar-refractivity contribution in [1.29, 1.82) is 0 Å². The number of hydrogen-bond donors (Lipinski definition) is 0. The lowest BCUT2D eigenvalue weighted by Crippen LogP contribution is -2.30. The fourth-order valence-corrected chi connectivity index (χ4v) is 2.76. The van der Waals surface area contributed by atoms with E-state index < -0.39 is 0 Å². The van der Waals surface area contributed by atoms with Gasteiger partial charge in [-0.3, -0.25) is 4.79 Å². The molecule has 1 aromatic carbocycles. The van der Waals surface area contributed by atoms with E-state index in [2.05, 4.69) is 20.8 Å². The van der Waals surface area contributed by atoms with Crippen LogP contribution in [0.2, 0.25) is 5.02 Å². The number of halogens is 1. The smallest absolute Gasteiger partial charge is 0.156 e. The average molecular weight is 263 g/mol. The summed E-state index contributed by atoms with van der Waals surface area (Å²) in [5.74, 6) is 0.670. The molecule has 0 N–H and O–H groups in total. The van der Waals surface area contributed by atoms with Crippen LogP contribution in [0.1, 0.15) is 39.2 Å². The normalized spacial score (nSPS) is 24.3. The van der Waals surface area contributed by atoms with Crippen LogP contribution in [0.4, 0.5) is 0 Å². The molecule has 0 unspecified atom stereocenters. The summed E-state index contributed by atoms with van der Waals surface area (Å²) >= 11 is 5.93. The minimum absolute atomic E-state index is 0.0873. The van der Waals surface area contributed by atoms with Crippen molar-refractivity contribution in [1.82, 2.24) is 0 Å². The third-order valence-electron chi connectivity index (χ3n) is 3.79. The zero-order chi connectivity index (χ0) is 13.3. The summed E-state index contributed by atoms with van der Waals surface area (Å²) in [6.07, 6.45) is 3.38. The maximum absolute atomic E-state index is 11.9. The molecule has 0 spiro atoms. The van der Waals surface area contributed by atoms with Crippen molar-refractivity contribution >= 4 is 17.4 Å². The Hall–Kier alpha value is -1.08. The molecule has 0 aromatic heterocycles. The second-order valence-electron chi connectivity index (χ2n) is 5.76. The van der Waals surface area contributed by atoms with Gasteiger partial charge in [0.05, 0.1) is 0 Å². The van der Waals surface area contributed by atoms with Crippen LogP contribution < -0.4 is 0 Å². The third kappa shape index (κ3) is 2.67. The molecular formula is C16H19ClO. The highest BCUT2D eigenvalue weighted by Gasteiger charge is 2.34. The number of allylic oxidation sites excluding steroid dienone is 2. The Kier molecular flexibility index (Phi) is 3.63. The van der Waals surface area contributed by atoms with Gasteiger partial charge < -0.3 is 0 Å². The van der Waals surface area contributed by atoms with Gasteiger partial charge in [0.15, 0.2) is 5.78 Å². The van der Waals surface area contributed by atoms with Crippen LogP contribution in [-0.2, 0) is 10.2 Å². The Morgan fingerprint density at radius 2 is 1.78 bits per heavy atom. The van der Waals surface area contributed by atoms with Gasteiger partial charge in [0.2, 0.25) is 0 Å². The fraction of sp³-hybridized carbons (Fsp3) is 0.438. The van der Waals surface area contributed by atoms with Crippen LogP contribution in [0.25, 0.3) is 0 Å². The number of ketones is 1. The first-order valence-corrected chi connectivity index (χ1v) is 6.78. The number of hydrogen-bond acceptors (Lipinski definition) is 1. The highest BCUT2D eigenvalue weighted by Crippen LogP contribution is 2.40. The van der Waals surface area contributed by atoms with Crippen molar-refractivity contribution < 1.29 is 4.79 Å². The molecule has 1 nitrogen and oxygen atoms in total. The Bertz CT molecular complexity index is 484. The summed E-state index contributed by atoms with van der Waals surface area (Å²) in [5, 5.41) is 0.740. The largest absolute Gasteiger partial charge is 0.295 e. The van der Waals surface area contributed by atoms with Crippen LogP contribution in [0.15, 0.2) is 35.9 Å². The van der Waals surface area contributed by atoms with Gasteiger partial charge in [-0.05, 0) is 36.1 Å². The highest BCUT2D eigenvalue weighted by atomic mass is 35.5. The molecule has 1 aliphatic carbocycles. The summed E-state index contributed by atoms with van der Waals surface area (Å²) in [7, 11) is 0. The van der Waals surface area contributed by atoms with E-state index in [0.717, 1.165) is 11.4 Å². The maximum Gasteiger partial charge on any atom is 0.156 e. The molecule has 2 rings (SSSR count). The molecule has 0 fully saturated rings. The van der Waals surface area contributed by atoms with Crippen LogP contribution >= 0.6 is 11.6 Å².